The highest BCUT2D eigenvalue weighted by atomic mass is 16.4. The number of primary amides is 1. The molecule has 2 rings (SSSR count). The number of rotatable bonds is 5. The first-order valence-electron chi connectivity index (χ1n) is 6.63. The summed E-state index contributed by atoms with van der Waals surface area (Å²) in [6, 6.07) is 6.88. The number of fused-ring (bicyclic) bond motifs is 1. The number of nitrogens with one attached hydrogen (secondary N) is 1. The topological polar surface area (TPSA) is 113 Å². The molecule has 4 N–H and O–H groups in total. The summed E-state index contributed by atoms with van der Waals surface area (Å²) in [7, 11) is 0. The Labute approximate surface area is 121 Å². The van der Waals surface area contributed by atoms with E-state index in [0.717, 1.165) is 5.56 Å². The van der Waals surface area contributed by atoms with Gasteiger partial charge in [-0.3, -0.25) is 14.5 Å². The van der Waals surface area contributed by atoms with Gasteiger partial charge in [0.15, 0.2) is 0 Å². The Balaban J connectivity index is 2.09. The number of carboxylic acid groups (broad SMARTS) is 1. The van der Waals surface area contributed by atoms with Crippen LogP contribution in [-0.2, 0) is 9.59 Å². The van der Waals surface area contributed by atoms with Crippen molar-refractivity contribution >= 4 is 23.6 Å². The Kier molecular flexibility index (Phi) is 4.42. The van der Waals surface area contributed by atoms with Crippen LogP contribution in [0.4, 0.5) is 10.5 Å². The van der Waals surface area contributed by atoms with E-state index in [1.165, 1.54) is 4.90 Å². The molecule has 0 bridgehead atoms. The maximum absolute atomic E-state index is 12.1. The lowest BCUT2D eigenvalue weighted by molar-refractivity contribution is -0.137. The number of carbonyl (C=O) groups excluding carboxylic acids is 2. The molecule has 1 atom stereocenters. The number of nitrogens with zero attached hydrogens (tertiary/aromatic N) is 1. The summed E-state index contributed by atoms with van der Waals surface area (Å²) in [6.45, 7) is 0.477. The molecule has 1 aliphatic rings. The lowest BCUT2D eigenvalue weighted by atomic mass is 9.98. The van der Waals surface area contributed by atoms with Crippen molar-refractivity contribution in [3.63, 3.8) is 0 Å². The van der Waals surface area contributed by atoms with Crippen molar-refractivity contribution in [3.8, 4) is 0 Å². The van der Waals surface area contributed by atoms with Gasteiger partial charge in [-0.25, -0.2) is 4.79 Å². The van der Waals surface area contributed by atoms with E-state index in [4.69, 9.17) is 10.8 Å². The summed E-state index contributed by atoms with van der Waals surface area (Å²) < 4.78 is 0. The molecule has 3 amide bonds. The van der Waals surface area contributed by atoms with Gasteiger partial charge in [0, 0.05) is 31.1 Å². The molecular formula is C14H17N3O4. The largest absolute Gasteiger partial charge is 0.481 e. The molecule has 0 aromatic heterocycles. The SMILES string of the molecule is NC(=O)CCNC(=O)N1CC(CC(=O)O)c2ccccc21. The Morgan fingerprint density at radius 1 is 1.33 bits per heavy atom. The minimum absolute atomic E-state index is 0.0257. The Morgan fingerprint density at radius 3 is 2.71 bits per heavy atom. The summed E-state index contributed by atoms with van der Waals surface area (Å²) in [5.74, 6) is -1.60. The third-order valence-electron chi connectivity index (χ3n) is 3.38. The van der Waals surface area contributed by atoms with Gasteiger partial charge in [0.05, 0.1) is 6.42 Å². The predicted molar refractivity (Wildman–Crippen MR) is 76.0 cm³/mol. The first-order chi connectivity index (χ1) is 9.99. The summed E-state index contributed by atoms with van der Waals surface area (Å²) in [5.41, 5.74) is 6.58. The van der Waals surface area contributed by atoms with Crippen molar-refractivity contribution in [1.82, 2.24) is 5.32 Å². The van der Waals surface area contributed by atoms with Crippen LogP contribution in [0.1, 0.15) is 24.3 Å². The molecule has 0 saturated carbocycles. The predicted octanol–water partition coefficient (Wildman–Crippen LogP) is 0.650. The minimum atomic E-state index is -0.897. The Morgan fingerprint density at radius 2 is 2.05 bits per heavy atom. The zero-order valence-corrected chi connectivity index (χ0v) is 11.4. The van der Waals surface area contributed by atoms with E-state index in [9.17, 15) is 14.4 Å². The van der Waals surface area contributed by atoms with Gasteiger partial charge in [-0.2, -0.15) is 0 Å². The van der Waals surface area contributed by atoms with Gasteiger partial charge >= 0.3 is 12.0 Å². The average molecular weight is 291 g/mol. The minimum Gasteiger partial charge on any atom is -0.481 e. The van der Waals surface area contributed by atoms with Crippen LogP contribution in [0.2, 0.25) is 0 Å². The molecule has 1 heterocycles. The van der Waals surface area contributed by atoms with Gasteiger partial charge in [-0.05, 0) is 11.6 Å². The second kappa shape index (κ2) is 6.25. The molecular weight excluding hydrogens is 274 g/mol. The molecule has 0 saturated heterocycles. The second-order valence-electron chi connectivity index (χ2n) is 4.91. The Hall–Kier alpha value is -2.57. The van der Waals surface area contributed by atoms with E-state index in [2.05, 4.69) is 5.32 Å². The van der Waals surface area contributed by atoms with Crippen LogP contribution in [0.3, 0.4) is 0 Å². The first kappa shape index (κ1) is 14.8. The summed E-state index contributed by atoms with van der Waals surface area (Å²) >= 11 is 0. The number of hydrogen-bond donors (Lipinski definition) is 3. The van der Waals surface area contributed by atoms with Crippen LogP contribution < -0.4 is 16.0 Å². The molecule has 0 aliphatic carbocycles. The Bertz CT molecular complexity index is 573. The summed E-state index contributed by atoms with van der Waals surface area (Å²) in [6.07, 6.45) is 0.0435. The summed E-state index contributed by atoms with van der Waals surface area (Å²) in [5, 5.41) is 11.6. The van der Waals surface area contributed by atoms with Crippen molar-refractivity contribution in [1.29, 1.82) is 0 Å². The zero-order chi connectivity index (χ0) is 15.4. The fourth-order valence-electron chi connectivity index (χ4n) is 2.46. The van der Waals surface area contributed by atoms with Gasteiger partial charge in [0.25, 0.3) is 0 Å². The number of hydrogen-bond acceptors (Lipinski definition) is 3. The standard InChI is InChI=1S/C14H17N3O4/c15-12(18)5-6-16-14(21)17-8-9(7-13(19)20)10-3-1-2-4-11(10)17/h1-4,9H,5-8H2,(H2,15,18)(H,16,21)(H,19,20). The monoisotopic (exact) mass is 291 g/mol. The van der Waals surface area contributed by atoms with Crippen LogP contribution in [0.25, 0.3) is 0 Å². The highest BCUT2D eigenvalue weighted by Crippen LogP contribution is 2.37. The van der Waals surface area contributed by atoms with E-state index < -0.39 is 11.9 Å². The number of carboxylic acids is 1. The van der Waals surface area contributed by atoms with Crippen molar-refractivity contribution in [3.05, 3.63) is 29.8 Å². The molecule has 0 fully saturated rings. The highest BCUT2D eigenvalue weighted by Gasteiger charge is 2.33. The van der Waals surface area contributed by atoms with Crippen molar-refractivity contribution < 1.29 is 19.5 Å². The molecule has 1 unspecified atom stereocenters. The smallest absolute Gasteiger partial charge is 0.321 e. The number of nitrogens with two attached hydrogens (primary N) is 1. The molecule has 1 aromatic rings. The van der Waals surface area contributed by atoms with Crippen LogP contribution in [0, 0.1) is 0 Å². The summed E-state index contributed by atoms with van der Waals surface area (Å²) in [4.78, 5) is 35.2. The number of carbonyl (C=O) groups is 3. The molecule has 7 heteroatoms. The average Bonchev–Trinajstić information content (AvgIpc) is 2.77. The number of urea groups is 1. The second-order valence-corrected chi connectivity index (χ2v) is 4.91. The van der Waals surface area contributed by atoms with Gasteiger partial charge in [-0.1, -0.05) is 18.2 Å². The molecule has 0 radical (unpaired) electrons. The van der Waals surface area contributed by atoms with E-state index in [0.29, 0.717) is 12.2 Å². The third-order valence-corrected chi connectivity index (χ3v) is 3.38. The maximum atomic E-state index is 12.1. The molecule has 112 valence electrons. The normalized spacial score (nSPS) is 16.4. The lowest BCUT2D eigenvalue weighted by Gasteiger charge is -2.18. The van der Waals surface area contributed by atoms with Gasteiger partial charge in [0.2, 0.25) is 5.91 Å². The number of amides is 3. The fraction of sp³-hybridized carbons (Fsp3) is 0.357. The molecule has 21 heavy (non-hydrogen) atoms. The van der Waals surface area contributed by atoms with Gasteiger partial charge in [0.1, 0.15) is 0 Å². The third kappa shape index (κ3) is 3.50. The number of benzene rings is 1. The van der Waals surface area contributed by atoms with Crippen molar-refractivity contribution in [2.24, 2.45) is 5.73 Å². The van der Waals surface area contributed by atoms with Crippen LogP contribution in [-0.4, -0.2) is 36.1 Å². The van der Waals surface area contributed by atoms with Crippen LogP contribution in [0.15, 0.2) is 24.3 Å². The van der Waals surface area contributed by atoms with Crippen molar-refractivity contribution in [2.75, 3.05) is 18.0 Å². The lowest BCUT2D eigenvalue weighted by Crippen LogP contribution is -2.40. The number of para-hydroxylation sites is 1. The number of aliphatic carboxylic acids is 1. The van der Waals surface area contributed by atoms with E-state index in [1.807, 2.05) is 12.1 Å². The number of anilines is 1. The first-order valence-corrected chi connectivity index (χ1v) is 6.63. The zero-order valence-electron chi connectivity index (χ0n) is 11.4. The van der Waals surface area contributed by atoms with Crippen molar-refractivity contribution in [2.45, 2.75) is 18.8 Å². The molecule has 1 aliphatic heterocycles. The highest BCUT2D eigenvalue weighted by molar-refractivity contribution is 5.95. The van der Waals surface area contributed by atoms with Gasteiger partial charge < -0.3 is 16.2 Å². The van der Waals surface area contributed by atoms with Crippen LogP contribution >= 0.6 is 0 Å². The fourth-order valence-corrected chi connectivity index (χ4v) is 2.46. The maximum Gasteiger partial charge on any atom is 0.321 e. The van der Waals surface area contributed by atoms with E-state index >= 15 is 0 Å². The van der Waals surface area contributed by atoms with Crippen LogP contribution in [0.5, 0.6) is 0 Å². The molecule has 1 aromatic carbocycles. The van der Waals surface area contributed by atoms with Gasteiger partial charge in [-0.15, -0.1) is 0 Å². The quantitative estimate of drug-likeness (QED) is 0.739. The molecule has 7 nitrogen and oxygen atoms in total. The van der Waals surface area contributed by atoms with E-state index in [1.54, 1.807) is 12.1 Å². The van der Waals surface area contributed by atoms with E-state index in [-0.39, 0.29) is 31.3 Å². The molecule has 0 spiro atoms.